The Morgan fingerprint density at radius 1 is 0.964 bits per heavy atom. The number of amides is 2. The molecule has 2 fully saturated rings. The van der Waals surface area contributed by atoms with Crippen LogP contribution in [0.3, 0.4) is 0 Å². The number of rotatable bonds is 4. The van der Waals surface area contributed by atoms with Gasteiger partial charge in [-0.1, -0.05) is 29.8 Å². The van der Waals surface area contributed by atoms with Gasteiger partial charge < -0.3 is 15.1 Å². The van der Waals surface area contributed by atoms with Gasteiger partial charge >= 0.3 is 0 Å². The minimum atomic E-state index is -0.251. The standard InChI is InChI=1S/C22H24FN3O2/c1-15-6-8-16(9-7-15)24-21(27)17-14-18(17)22(28)26-12-10-25(11-13-26)20-5-3-2-4-19(20)23/h2-9,17-18H,10-14H2,1H3,(H,24,27). The smallest absolute Gasteiger partial charge is 0.228 e. The number of nitrogens with one attached hydrogen (secondary N) is 1. The van der Waals surface area contributed by atoms with Crippen molar-refractivity contribution in [3.05, 3.63) is 59.9 Å². The summed E-state index contributed by atoms with van der Waals surface area (Å²) in [4.78, 5) is 28.9. The zero-order valence-electron chi connectivity index (χ0n) is 15.9. The van der Waals surface area contributed by atoms with E-state index >= 15 is 0 Å². The molecular weight excluding hydrogens is 357 g/mol. The van der Waals surface area contributed by atoms with Gasteiger partial charge in [-0.15, -0.1) is 0 Å². The van der Waals surface area contributed by atoms with E-state index < -0.39 is 0 Å². The quantitative estimate of drug-likeness (QED) is 0.886. The van der Waals surface area contributed by atoms with Gasteiger partial charge in [0, 0.05) is 31.9 Å². The molecule has 1 saturated carbocycles. The average molecular weight is 381 g/mol. The highest BCUT2D eigenvalue weighted by Gasteiger charge is 2.49. The topological polar surface area (TPSA) is 52.7 Å². The van der Waals surface area contributed by atoms with Crippen LogP contribution in [0.2, 0.25) is 0 Å². The van der Waals surface area contributed by atoms with Crippen molar-refractivity contribution in [3.63, 3.8) is 0 Å². The van der Waals surface area contributed by atoms with Gasteiger partial charge in [0.25, 0.3) is 0 Å². The third-order valence-corrected chi connectivity index (χ3v) is 5.55. The lowest BCUT2D eigenvalue weighted by atomic mass is 10.2. The van der Waals surface area contributed by atoms with Crippen molar-refractivity contribution in [1.29, 1.82) is 0 Å². The first-order chi connectivity index (χ1) is 13.5. The number of hydrogen-bond acceptors (Lipinski definition) is 3. The van der Waals surface area contributed by atoms with Crippen molar-refractivity contribution < 1.29 is 14.0 Å². The predicted molar refractivity (Wildman–Crippen MR) is 107 cm³/mol. The first kappa shape index (κ1) is 18.5. The second-order valence-corrected chi connectivity index (χ2v) is 7.57. The van der Waals surface area contributed by atoms with Crippen molar-refractivity contribution in [2.75, 3.05) is 36.4 Å². The maximum atomic E-state index is 13.9. The third kappa shape index (κ3) is 3.86. The minimum absolute atomic E-state index is 0.0391. The molecule has 1 saturated heterocycles. The number of piperazine rings is 1. The Hall–Kier alpha value is -2.89. The molecule has 4 rings (SSSR count). The molecule has 146 valence electrons. The van der Waals surface area contributed by atoms with Crippen LogP contribution in [0.1, 0.15) is 12.0 Å². The number of aryl methyl sites for hydroxylation is 1. The number of carbonyl (C=O) groups excluding carboxylic acids is 2. The Bertz CT molecular complexity index is 876. The SMILES string of the molecule is Cc1ccc(NC(=O)C2CC2C(=O)N2CCN(c3ccccc3F)CC2)cc1. The van der Waals surface area contributed by atoms with Crippen LogP contribution >= 0.6 is 0 Å². The molecule has 2 atom stereocenters. The molecule has 1 N–H and O–H groups in total. The van der Waals surface area contributed by atoms with E-state index in [9.17, 15) is 14.0 Å². The number of nitrogens with zero attached hydrogens (tertiary/aromatic N) is 2. The monoisotopic (exact) mass is 381 g/mol. The molecule has 0 radical (unpaired) electrons. The summed E-state index contributed by atoms with van der Waals surface area (Å²) in [6.45, 7) is 4.29. The molecule has 2 aromatic rings. The molecule has 5 nitrogen and oxygen atoms in total. The summed E-state index contributed by atoms with van der Waals surface area (Å²) in [5, 5.41) is 2.89. The number of halogens is 1. The fourth-order valence-corrected chi connectivity index (χ4v) is 3.74. The third-order valence-electron chi connectivity index (χ3n) is 5.55. The van der Waals surface area contributed by atoms with E-state index in [-0.39, 0.29) is 29.5 Å². The highest BCUT2D eigenvalue weighted by atomic mass is 19.1. The summed E-state index contributed by atoms with van der Waals surface area (Å²) < 4.78 is 13.9. The van der Waals surface area contributed by atoms with Crippen LogP contribution in [0, 0.1) is 24.6 Å². The van der Waals surface area contributed by atoms with Gasteiger partial charge in [-0.05, 0) is 37.6 Å². The normalized spacial score (nSPS) is 21.4. The van der Waals surface area contributed by atoms with Crippen molar-refractivity contribution >= 4 is 23.2 Å². The van der Waals surface area contributed by atoms with Crippen LogP contribution in [0.4, 0.5) is 15.8 Å². The average Bonchev–Trinajstić information content (AvgIpc) is 3.51. The first-order valence-electron chi connectivity index (χ1n) is 9.69. The van der Waals surface area contributed by atoms with Crippen LogP contribution in [-0.2, 0) is 9.59 Å². The van der Waals surface area contributed by atoms with Gasteiger partial charge in [0.15, 0.2) is 0 Å². The van der Waals surface area contributed by atoms with E-state index in [2.05, 4.69) is 5.32 Å². The lowest BCUT2D eigenvalue weighted by molar-refractivity contribution is -0.134. The molecule has 28 heavy (non-hydrogen) atoms. The highest BCUT2D eigenvalue weighted by Crippen LogP contribution is 2.41. The molecule has 2 unspecified atom stereocenters. The first-order valence-corrected chi connectivity index (χ1v) is 9.69. The maximum Gasteiger partial charge on any atom is 0.228 e. The maximum absolute atomic E-state index is 13.9. The lowest BCUT2D eigenvalue weighted by Gasteiger charge is -2.36. The predicted octanol–water partition coefficient (Wildman–Crippen LogP) is 3.06. The Morgan fingerprint density at radius 2 is 1.64 bits per heavy atom. The van der Waals surface area contributed by atoms with Crippen molar-refractivity contribution in [1.82, 2.24) is 4.90 Å². The highest BCUT2D eigenvalue weighted by molar-refractivity contribution is 5.99. The van der Waals surface area contributed by atoms with E-state index in [1.54, 1.807) is 17.0 Å². The number of para-hydroxylation sites is 1. The van der Waals surface area contributed by atoms with Crippen LogP contribution < -0.4 is 10.2 Å². The molecule has 1 aliphatic carbocycles. The number of carbonyl (C=O) groups is 2. The summed E-state index contributed by atoms with van der Waals surface area (Å²) in [5.41, 5.74) is 2.47. The summed E-state index contributed by atoms with van der Waals surface area (Å²) >= 11 is 0. The van der Waals surface area contributed by atoms with Crippen LogP contribution in [0.15, 0.2) is 48.5 Å². The van der Waals surface area contributed by atoms with Gasteiger partial charge in [-0.2, -0.15) is 0 Å². The van der Waals surface area contributed by atoms with Crippen LogP contribution in [0.25, 0.3) is 0 Å². The summed E-state index contributed by atoms with van der Waals surface area (Å²) in [6.07, 6.45) is 0.601. The van der Waals surface area contributed by atoms with Crippen molar-refractivity contribution in [2.24, 2.45) is 11.8 Å². The summed E-state index contributed by atoms with van der Waals surface area (Å²) in [5.74, 6) is -0.773. The molecule has 2 amide bonds. The molecular formula is C22H24FN3O2. The molecule has 6 heteroatoms. The summed E-state index contributed by atoms with van der Waals surface area (Å²) in [7, 11) is 0. The molecule has 2 aromatic carbocycles. The van der Waals surface area contributed by atoms with E-state index in [1.807, 2.05) is 42.2 Å². The van der Waals surface area contributed by atoms with Gasteiger partial charge in [-0.25, -0.2) is 4.39 Å². The van der Waals surface area contributed by atoms with E-state index in [0.29, 0.717) is 38.3 Å². The molecule has 0 aromatic heterocycles. The Balaban J connectivity index is 1.29. The number of benzene rings is 2. The number of anilines is 2. The van der Waals surface area contributed by atoms with E-state index in [0.717, 1.165) is 11.3 Å². The zero-order valence-corrected chi connectivity index (χ0v) is 15.9. The van der Waals surface area contributed by atoms with E-state index in [4.69, 9.17) is 0 Å². The second-order valence-electron chi connectivity index (χ2n) is 7.57. The lowest BCUT2D eigenvalue weighted by Crippen LogP contribution is -2.49. The van der Waals surface area contributed by atoms with Gasteiger partial charge in [0.05, 0.1) is 17.5 Å². The Morgan fingerprint density at radius 3 is 2.32 bits per heavy atom. The van der Waals surface area contributed by atoms with E-state index in [1.165, 1.54) is 6.07 Å². The summed E-state index contributed by atoms with van der Waals surface area (Å²) in [6, 6.07) is 14.3. The van der Waals surface area contributed by atoms with Gasteiger partial charge in [-0.3, -0.25) is 9.59 Å². The fourth-order valence-electron chi connectivity index (χ4n) is 3.74. The Kier molecular flexibility index (Phi) is 5.03. The van der Waals surface area contributed by atoms with Crippen molar-refractivity contribution in [2.45, 2.75) is 13.3 Å². The van der Waals surface area contributed by atoms with Gasteiger partial charge in [0.2, 0.25) is 11.8 Å². The van der Waals surface area contributed by atoms with Crippen molar-refractivity contribution in [3.8, 4) is 0 Å². The second kappa shape index (κ2) is 7.62. The zero-order chi connectivity index (χ0) is 19.7. The Labute approximate surface area is 164 Å². The molecule has 0 spiro atoms. The molecule has 1 aliphatic heterocycles. The largest absolute Gasteiger partial charge is 0.366 e. The fraction of sp³-hybridized carbons (Fsp3) is 0.364. The van der Waals surface area contributed by atoms with Crippen LogP contribution in [-0.4, -0.2) is 42.9 Å². The van der Waals surface area contributed by atoms with Gasteiger partial charge in [0.1, 0.15) is 5.82 Å². The molecule has 0 bridgehead atoms. The number of hydrogen-bond donors (Lipinski definition) is 1. The molecule has 1 heterocycles. The minimum Gasteiger partial charge on any atom is -0.366 e. The van der Waals surface area contributed by atoms with Crippen LogP contribution in [0.5, 0.6) is 0 Å². The molecule has 2 aliphatic rings.